The number of hydrogen-bond donors (Lipinski definition) is 1. The molecule has 0 spiro atoms. The van der Waals surface area contributed by atoms with Gasteiger partial charge in [-0.05, 0) is 36.4 Å². The molecule has 0 atom stereocenters. The minimum Gasteiger partial charge on any atom is -0.496 e. The summed E-state index contributed by atoms with van der Waals surface area (Å²) in [7, 11) is -0.846. The normalized spacial score (nSPS) is 11.4. The molecule has 0 unspecified atom stereocenters. The zero-order chi connectivity index (χ0) is 20.9. The largest absolute Gasteiger partial charge is 0.496 e. The van der Waals surface area contributed by atoms with Crippen LogP contribution in [0.5, 0.6) is 11.5 Å². The van der Waals surface area contributed by atoms with Crippen LogP contribution in [0.15, 0.2) is 41.3 Å². The van der Waals surface area contributed by atoms with E-state index in [4.69, 9.17) is 21.1 Å². The van der Waals surface area contributed by atoms with Gasteiger partial charge in [-0.3, -0.25) is 4.79 Å². The van der Waals surface area contributed by atoms with Crippen LogP contribution in [0.3, 0.4) is 0 Å². The highest BCUT2D eigenvalue weighted by Gasteiger charge is 2.25. The molecule has 0 bridgehead atoms. The first-order valence-electron chi connectivity index (χ1n) is 8.61. The molecule has 28 heavy (non-hydrogen) atoms. The molecule has 0 heterocycles. The molecule has 1 amide bonds. The lowest BCUT2D eigenvalue weighted by atomic mass is 10.1. The summed E-state index contributed by atoms with van der Waals surface area (Å²) in [4.78, 5) is 12.9. The summed E-state index contributed by atoms with van der Waals surface area (Å²) in [6, 6.07) is 8.98. The highest BCUT2D eigenvalue weighted by Crippen LogP contribution is 2.30. The Hall–Kier alpha value is -2.29. The number of sulfonamides is 1. The van der Waals surface area contributed by atoms with Crippen molar-refractivity contribution in [2.45, 2.75) is 18.7 Å². The number of nitrogens with zero attached hydrogens (tertiary/aromatic N) is 1. The van der Waals surface area contributed by atoms with Gasteiger partial charge in [0.1, 0.15) is 11.5 Å². The number of rotatable bonds is 8. The fourth-order valence-electron chi connectivity index (χ4n) is 2.71. The van der Waals surface area contributed by atoms with Gasteiger partial charge in [0.15, 0.2) is 0 Å². The Kier molecular flexibility index (Phi) is 7.29. The molecule has 1 N–H and O–H groups in total. The van der Waals surface area contributed by atoms with E-state index in [9.17, 15) is 13.2 Å². The smallest absolute Gasteiger partial charge is 0.259 e. The average molecular weight is 427 g/mol. The van der Waals surface area contributed by atoms with E-state index in [1.54, 1.807) is 32.0 Å². The molecule has 152 valence electrons. The number of anilines is 1. The summed E-state index contributed by atoms with van der Waals surface area (Å²) in [5.74, 6) is 0.120. The summed E-state index contributed by atoms with van der Waals surface area (Å²) >= 11 is 6.00. The van der Waals surface area contributed by atoms with Gasteiger partial charge in [-0.25, -0.2) is 8.42 Å². The molecule has 0 aromatic heterocycles. The predicted octanol–water partition coefficient (Wildman–Crippen LogP) is 3.64. The van der Waals surface area contributed by atoms with Crippen molar-refractivity contribution in [3.8, 4) is 11.5 Å². The molecule has 2 aromatic carbocycles. The van der Waals surface area contributed by atoms with Crippen LogP contribution in [-0.2, 0) is 10.0 Å². The van der Waals surface area contributed by atoms with Crippen molar-refractivity contribution in [3.05, 3.63) is 47.0 Å². The number of amides is 1. The first-order valence-corrected chi connectivity index (χ1v) is 10.4. The van der Waals surface area contributed by atoms with Crippen molar-refractivity contribution in [2.24, 2.45) is 0 Å². The summed E-state index contributed by atoms with van der Waals surface area (Å²) < 4.78 is 37.4. The van der Waals surface area contributed by atoms with E-state index >= 15 is 0 Å². The lowest BCUT2D eigenvalue weighted by Crippen LogP contribution is -2.30. The molecule has 0 aliphatic rings. The van der Waals surface area contributed by atoms with Crippen LogP contribution in [0.1, 0.15) is 24.2 Å². The number of methoxy groups -OCH3 is 2. The molecule has 9 heteroatoms. The highest BCUT2D eigenvalue weighted by atomic mass is 35.5. The first-order chi connectivity index (χ1) is 13.3. The number of benzene rings is 2. The van der Waals surface area contributed by atoms with Crippen molar-refractivity contribution < 1.29 is 22.7 Å². The lowest BCUT2D eigenvalue weighted by molar-refractivity contribution is 0.102. The van der Waals surface area contributed by atoms with Gasteiger partial charge in [0.25, 0.3) is 5.91 Å². The molecule has 0 saturated heterocycles. The maximum atomic E-state index is 12.9. The van der Waals surface area contributed by atoms with Gasteiger partial charge in [-0.15, -0.1) is 0 Å². The van der Waals surface area contributed by atoms with Gasteiger partial charge in [0.2, 0.25) is 10.0 Å². The monoisotopic (exact) mass is 426 g/mol. The maximum absolute atomic E-state index is 12.9. The van der Waals surface area contributed by atoms with Crippen molar-refractivity contribution in [2.75, 3.05) is 32.6 Å². The van der Waals surface area contributed by atoms with Gasteiger partial charge < -0.3 is 14.8 Å². The van der Waals surface area contributed by atoms with Crippen LogP contribution in [0, 0.1) is 0 Å². The number of carbonyl (C=O) groups excluding carboxylic acids is 1. The Bertz CT molecular complexity index is 959. The molecule has 2 aromatic rings. The number of ether oxygens (including phenoxy) is 2. The molecule has 0 aliphatic heterocycles. The fourth-order valence-corrected chi connectivity index (χ4v) is 4.36. The molecular weight excluding hydrogens is 404 g/mol. The van der Waals surface area contributed by atoms with Gasteiger partial charge in [-0.1, -0.05) is 25.4 Å². The van der Waals surface area contributed by atoms with Crippen LogP contribution in [0.4, 0.5) is 5.69 Å². The minimum absolute atomic E-state index is 0.0141. The van der Waals surface area contributed by atoms with Gasteiger partial charge >= 0.3 is 0 Å². The van der Waals surface area contributed by atoms with Crippen molar-refractivity contribution >= 4 is 33.2 Å². The van der Waals surface area contributed by atoms with E-state index in [1.165, 1.54) is 36.7 Å². The van der Waals surface area contributed by atoms with E-state index < -0.39 is 15.9 Å². The lowest BCUT2D eigenvalue weighted by Gasteiger charge is -2.19. The number of carbonyl (C=O) groups is 1. The van der Waals surface area contributed by atoms with Crippen LogP contribution < -0.4 is 14.8 Å². The molecule has 7 nitrogen and oxygen atoms in total. The Morgan fingerprint density at radius 1 is 1.04 bits per heavy atom. The van der Waals surface area contributed by atoms with Gasteiger partial charge in [0.05, 0.1) is 30.4 Å². The molecule has 2 rings (SSSR count). The topological polar surface area (TPSA) is 84.9 Å². The summed E-state index contributed by atoms with van der Waals surface area (Å²) in [5.41, 5.74) is 0.441. The van der Waals surface area contributed by atoms with Crippen molar-refractivity contribution in [1.29, 1.82) is 0 Å². The van der Waals surface area contributed by atoms with Crippen molar-refractivity contribution in [3.63, 3.8) is 0 Å². The third-order valence-electron chi connectivity index (χ3n) is 4.17. The standard InChI is InChI=1S/C19H23ClN2O5S/c1-5-22(6-2)28(24,25)14-8-10-17(26-3)15(12-14)19(23)21-16-11-13(20)7-9-18(16)27-4/h7-12H,5-6H2,1-4H3,(H,21,23). The second kappa shape index (κ2) is 9.27. The van der Waals surface area contributed by atoms with E-state index in [0.29, 0.717) is 29.5 Å². The molecule has 0 fully saturated rings. The summed E-state index contributed by atoms with van der Waals surface area (Å²) in [6.07, 6.45) is 0. The minimum atomic E-state index is -3.72. The summed E-state index contributed by atoms with van der Waals surface area (Å²) in [6.45, 7) is 4.16. The predicted molar refractivity (Wildman–Crippen MR) is 109 cm³/mol. The first kappa shape index (κ1) is 22.0. The Morgan fingerprint density at radius 3 is 2.21 bits per heavy atom. The van der Waals surface area contributed by atoms with E-state index in [2.05, 4.69) is 5.32 Å². The Balaban J connectivity index is 2.47. The highest BCUT2D eigenvalue weighted by molar-refractivity contribution is 7.89. The number of halogens is 1. The Morgan fingerprint density at radius 2 is 1.64 bits per heavy atom. The second-order valence-electron chi connectivity index (χ2n) is 5.75. The molecular formula is C19H23ClN2O5S. The van der Waals surface area contributed by atoms with Crippen molar-refractivity contribution in [1.82, 2.24) is 4.31 Å². The molecule has 0 saturated carbocycles. The third-order valence-corrected chi connectivity index (χ3v) is 6.45. The summed E-state index contributed by atoms with van der Waals surface area (Å²) in [5, 5.41) is 3.11. The van der Waals surface area contributed by atoms with Gasteiger partial charge in [-0.2, -0.15) is 4.31 Å². The SMILES string of the molecule is CCN(CC)S(=O)(=O)c1ccc(OC)c(C(=O)Nc2cc(Cl)ccc2OC)c1. The van der Waals surface area contributed by atoms with Crippen LogP contribution >= 0.6 is 11.6 Å². The zero-order valence-electron chi connectivity index (χ0n) is 16.2. The van der Waals surface area contributed by atoms with E-state index in [0.717, 1.165) is 0 Å². The molecule has 0 radical (unpaired) electrons. The zero-order valence-corrected chi connectivity index (χ0v) is 17.7. The third kappa shape index (κ3) is 4.57. The number of nitrogens with one attached hydrogen (secondary N) is 1. The van der Waals surface area contributed by atoms with Gasteiger partial charge in [0, 0.05) is 18.1 Å². The van der Waals surface area contributed by atoms with Crippen LogP contribution in [0.25, 0.3) is 0 Å². The maximum Gasteiger partial charge on any atom is 0.259 e. The van der Waals surface area contributed by atoms with Crippen LogP contribution in [-0.4, -0.2) is 45.9 Å². The Labute approximate surface area is 170 Å². The average Bonchev–Trinajstić information content (AvgIpc) is 2.68. The quantitative estimate of drug-likeness (QED) is 0.696. The van der Waals surface area contributed by atoms with E-state index in [-0.39, 0.29) is 16.2 Å². The van der Waals surface area contributed by atoms with Crippen LogP contribution in [0.2, 0.25) is 5.02 Å². The van der Waals surface area contributed by atoms with E-state index in [1.807, 2.05) is 0 Å². The fraction of sp³-hybridized carbons (Fsp3) is 0.316. The number of hydrogen-bond acceptors (Lipinski definition) is 5. The second-order valence-corrected chi connectivity index (χ2v) is 8.12. The molecule has 0 aliphatic carbocycles.